The number of aryl methyl sites for hydroxylation is 2. The van der Waals surface area contributed by atoms with E-state index in [-0.39, 0.29) is 5.82 Å². The first-order valence-corrected chi connectivity index (χ1v) is 7.19. The van der Waals surface area contributed by atoms with E-state index < -0.39 is 0 Å². The van der Waals surface area contributed by atoms with E-state index in [1.807, 2.05) is 19.3 Å². The summed E-state index contributed by atoms with van der Waals surface area (Å²) in [6.07, 6.45) is 5.73. The van der Waals surface area contributed by atoms with Crippen LogP contribution in [0.2, 0.25) is 5.02 Å². The first kappa shape index (κ1) is 13.6. The first-order chi connectivity index (χ1) is 9.63. The molecule has 1 aliphatic heterocycles. The summed E-state index contributed by atoms with van der Waals surface area (Å²) < 4.78 is 16.1. The Morgan fingerprint density at radius 2 is 2.35 bits per heavy atom. The number of nitrogens with one attached hydrogen (secondary N) is 1. The Bertz CT molecular complexity index is 600. The summed E-state index contributed by atoms with van der Waals surface area (Å²) in [6.45, 7) is 3.25. The van der Waals surface area contributed by atoms with Crippen molar-refractivity contribution in [2.75, 3.05) is 0 Å². The molecule has 20 heavy (non-hydrogen) atoms. The minimum absolute atomic E-state index is 0.236. The van der Waals surface area contributed by atoms with E-state index in [1.165, 1.54) is 6.07 Å². The Morgan fingerprint density at radius 1 is 1.50 bits per heavy atom. The zero-order valence-electron chi connectivity index (χ0n) is 11.4. The average Bonchev–Trinajstić information content (AvgIpc) is 2.84. The molecule has 2 heterocycles. The molecule has 0 fully saturated rings. The summed E-state index contributed by atoms with van der Waals surface area (Å²) in [7, 11) is 0. The molecular weight excluding hydrogens is 277 g/mol. The van der Waals surface area contributed by atoms with E-state index in [9.17, 15) is 4.39 Å². The van der Waals surface area contributed by atoms with Crippen LogP contribution in [0.3, 0.4) is 0 Å². The highest BCUT2D eigenvalue weighted by molar-refractivity contribution is 6.31. The number of nitrogens with zero attached hydrogens (tertiary/aromatic N) is 2. The molecule has 0 aliphatic carbocycles. The van der Waals surface area contributed by atoms with Crippen LogP contribution in [0.15, 0.2) is 24.5 Å². The van der Waals surface area contributed by atoms with Crippen molar-refractivity contribution in [1.82, 2.24) is 14.9 Å². The van der Waals surface area contributed by atoms with Gasteiger partial charge in [-0.15, -0.1) is 0 Å². The van der Waals surface area contributed by atoms with Crippen molar-refractivity contribution in [3.05, 3.63) is 52.3 Å². The Labute approximate surface area is 122 Å². The van der Waals surface area contributed by atoms with Gasteiger partial charge in [0.2, 0.25) is 0 Å². The van der Waals surface area contributed by atoms with Gasteiger partial charge in [0.1, 0.15) is 11.6 Å². The summed E-state index contributed by atoms with van der Waals surface area (Å²) in [5, 5.41) is 3.88. The summed E-state index contributed by atoms with van der Waals surface area (Å²) >= 11 is 6.12. The topological polar surface area (TPSA) is 29.9 Å². The number of rotatable bonds is 3. The monoisotopic (exact) mass is 293 g/mol. The molecule has 1 aromatic carbocycles. The third-order valence-corrected chi connectivity index (χ3v) is 4.14. The van der Waals surface area contributed by atoms with Crippen LogP contribution in [0.1, 0.15) is 23.4 Å². The number of hydrogen-bond acceptors (Lipinski definition) is 2. The standard InChI is InChI=1S/C15H17ClFN3/c1-10-6-13(16)12(14(17)7-10)9-19-11-2-4-20-5-3-18-15(20)8-11/h3,5-7,11,19H,2,4,8-9H2,1H3/t11-/m0/s1. The molecule has 2 aromatic rings. The Hall–Kier alpha value is -1.39. The SMILES string of the molecule is Cc1cc(F)c(CN[C@H]2CCn3ccnc3C2)c(Cl)c1. The van der Waals surface area contributed by atoms with Gasteiger partial charge in [-0.25, -0.2) is 9.37 Å². The lowest BCUT2D eigenvalue weighted by atomic mass is 10.1. The predicted octanol–water partition coefficient (Wildman–Crippen LogP) is 3.09. The molecule has 0 saturated carbocycles. The minimum atomic E-state index is -0.236. The molecule has 3 nitrogen and oxygen atoms in total. The second-order valence-corrected chi connectivity index (χ2v) is 5.72. The van der Waals surface area contributed by atoms with Crippen LogP contribution in [0, 0.1) is 12.7 Å². The zero-order valence-corrected chi connectivity index (χ0v) is 12.1. The molecule has 1 aliphatic rings. The molecule has 106 valence electrons. The number of imidazole rings is 1. The van der Waals surface area contributed by atoms with Gasteiger partial charge in [0.15, 0.2) is 0 Å². The molecule has 0 spiro atoms. The summed E-state index contributed by atoms with van der Waals surface area (Å²) in [5.41, 5.74) is 1.39. The highest BCUT2D eigenvalue weighted by Crippen LogP contribution is 2.22. The average molecular weight is 294 g/mol. The fourth-order valence-corrected chi connectivity index (χ4v) is 3.00. The zero-order chi connectivity index (χ0) is 14.1. The first-order valence-electron chi connectivity index (χ1n) is 6.81. The molecule has 0 unspecified atom stereocenters. The minimum Gasteiger partial charge on any atom is -0.335 e. The summed E-state index contributed by atoms with van der Waals surface area (Å²) in [4.78, 5) is 4.33. The van der Waals surface area contributed by atoms with Crippen LogP contribution in [-0.4, -0.2) is 15.6 Å². The van der Waals surface area contributed by atoms with Crippen LogP contribution in [0.25, 0.3) is 0 Å². The second kappa shape index (κ2) is 5.54. The number of halogens is 2. The third kappa shape index (κ3) is 2.72. The predicted molar refractivity (Wildman–Crippen MR) is 77.3 cm³/mol. The molecule has 1 aromatic heterocycles. The molecular formula is C15H17ClFN3. The van der Waals surface area contributed by atoms with E-state index in [0.29, 0.717) is 23.2 Å². The fraction of sp³-hybridized carbons (Fsp3) is 0.400. The van der Waals surface area contributed by atoms with Crippen LogP contribution >= 0.6 is 11.6 Å². The largest absolute Gasteiger partial charge is 0.335 e. The molecule has 0 saturated heterocycles. The van der Waals surface area contributed by atoms with E-state index in [0.717, 1.165) is 30.8 Å². The van der Waals surface area contributed by atoms with Crippen molar-refractivity contribution >= 4 is 11.6 Å². The number of fused-ring (bicyclic) bond motifs is 1. The van der Waals surface area contributed by atoms with Gasteiger partial charge in [-0.1, -0.05) is 11.6 Å². The Balaban J connectivity index is 1.66. The highest BCUT2D eigenvalue weighted by Gasteiger charge is 2.19. The van der Waals surface area contributed by atoms with E-state index in [2.05, 4.69) is 14.9 Å². The summed E-state index contributed by atoms with van der Waals surface area (Å²) in [6, 6.07) is 3.65. The lowest BCUT2D eigenvalue weighted by molar-refractivity contribution is 0.390. The van der Waals surface area contributed by atoms with Crippen molar-refractivity contribution in [3.63, 3.8) is 0 Å². The van der Waals surface area contributed by atoms with Crippen molar-refractivity contribution in [1.29, 1.82) is 0 Å². The number of hydrogen-bond donors (Lipinski definition) is 1. The van der Waals surface area contributed by atoms with Crippen molar-refractivity contribution in [3.8, 4) is 0 Å². The molecule has 0 radical (unpaired) electrons. The van der Waals surface area contributed by atoms with Crippen LogP contribution in [-0.2, 0) is 19.5 Å². The van der Waals surface area contributed by atoms with Gasteiger partial charge in [-0.05, 0) is 31.0 Å². The van der Waals surface area contributed by atoms with Gasteiger partial charge in [0.05, 0.1) is 0 Å². The second-order valence-electron chi connectivity index (χ2n) is 5.31. The Morgan fingerprint density at radius 3 is 3.15 bits per heavy atom. The van der Waals surface area contributed by atoms with E-state index in [1.54, 1.807) is 6.07 Å². The molecule has 3 rings (SSSR count). The van der Waals surface area contributed by atoms with Gasteiger partial charge in [-0.2, -0.15) is 0 Å². The lowest BCUT2D eigenvalue weighted by Crippen LogP contribution is -2.36. The summed E-state index contributed by atoms with van der Waals surface area (Å²) in [5.74, 6) is 0.851. The van der Waals surface area contributed by atoms with Crippen LogP contribution in [0.5, 0.6) is 0 Å². The molecule has 5 heteroatoms. The van der Waals surface area contributed by atoms with Gasteiger partial charge in [-0.3, -0.25) is 0 Å². The third-order valence-electron chi connectivity index (χ3n) is 3.80. The Kier molecular flexibility index (Phi) is 3.76. The quantitative estimate of drug-likeness (QED) is 0.942. The van der Waals surface area contributed by atoms with Gasteiger partial charge >= 0.3 is 0 Å². The van der Waals surface area contributed by atoms with Crippen LogP contribution < -0.4 is 5.32 Å². The van der Waals surface area contributed by atoms with E-state index in [4.69, 9.17) is 11.6 Å². The molecule has 1 N–H and O–H groups in total. The smallest absolute Gasteiger partial charge is 0.129 e. The molecule has 1 atom stereocenters. The maximum Gasteiger partial charge on any atom is 0.129 e. The van der Waals surface area contributed by atoms with E-state index >= 15 is 0 Å². The number of benzene rings is 1. The maximum absolute atomic E-state index is 13.9. The van der Waals surface area contributed by atoms with Gasteiger partial charge < -0.3 is 9.88 Å². The van der Waals surface area contributed by atoms with Crippen molar-refractivity contribution in [2.24, 2.45) is 0 Å². The molecule has 0 amide bonds. The van der Waals surface area contributed by atoms with Crippen LogP contribution in [0.4, 0.5) is 4.39 Å². The van der Waals surface area contributed by atoms with Gasteiger partial charge in [0.25, 0.3) is 0 Å². The van der Waals surface area contributed by atoms with Gasteiger partial charge in [0, 0.05) is 48.5 Å². The highest BCUT2D eigenvalue weighted by atomic mass is 35.5. The van der Waals surface area contributed by atoms with Crippen molar-refractivity contribution in [2.45, 2.75) is 38.9 Å². The lowest BCUT2D eigenvalue weighted by Gasteiger charge is -2.24. The normalized spacial score (nSPS) is 18.1. The fourth-order valence-electron chi connectivity index (χ4n) is 2.67. The maximum atomic E-state index is 13.9. The molecule has 0 bridgehead atoms. The number of aromatic nitrogens is 2. The van der Waals surface area contributed by atoms with Crippen molar-refractivity contribution < 1.29 is 4.39 Å².